The molecule has 0 aliphatic heterocycles. The van der Waals surface area contributed by atoms with Gasteiger partial charge in [0.2, 0.25) is 0 Å². The van der Waals surface area contributed by atoms with Crippen molar-refractivity contribution < 1.29 is 0 Å². The van der Waals surface area contributed by atoms with Gasteiger partial charge in [0.05, 0.1) is 28.2 Å². The standard InChI is InChI=1S/C42H25N3/c43-26-32-25-41(44-38-15-6-5-12-35(32)38)45-39-22-21-31(24-37(39)42-36-13-4-2-9-29(36)20-23-40(42)45)27-16-18-30(19-17-27)34-14-7-10-28-8-1-3-11-33(28)34/h1-25H. The minimum Gasteiger partial charge on any atom is -0.294 e. The van der Waals surface area contributed by atoms with Crippen LogP contribution in [0.3, 0.4) is 0 Å². The van der Waals surface area contributed by atoms with Crippen LogP contribution < -0.4 is 0 Å². The van der Waals surface area contributed by atoms with Gasteiger partial charge in [0.25, 0.3) is 0 Å². The molecule has 0 bridgehead atoms. The number of pyridine rings is 1. The molecule has 0 unspecified atom stereocenters. The van der Waals surface area contributed by atoms with E-state index >= 15 is 0 Å². The van der Waals surface area contributed by atoms with Crippen molar-refractivity contribution in [1.29, 1.82) is 5.26 Å². The largest absolute Gasteiger partial charge is 0.294 e. The maximum atomic E-state index is 10.0. The summed E-state index contributed by atoms with van der Waals surface area (Å²) in [5.74, 6) is 0.743. The van der Waals surface area contributed by atoms with Crippen LogP contribution in [0.25, 0.3) is 82.3 Å². The predicted molar refractivity (Wildman–Crippen MR) is 187 cm³/mol. The first kappa shape index (κ1) is 25.3. The summed E-state index contributed by atoms with van der Waals surface area (Å²) in [6.45, 7) is 0. The summed E-state index contributed by atoms with van der Waals surface area (Å²) < 4.78 is 2.21. The molecular weight excluding hydrogens is 546 g/mol. The van der Waals surface area contributed by atoms with Crippen molar-refractivity contribution in [2.24, 2.45) is 0 Å². The van der Waals surface area contributed by atoms with Gasteiger partial charge in [-0.05, 0) is 74.1 Å². The Bertz CT molecular complexity index is 2650. The van der Waals surface area contributed by atoms with Crippen molar-refractivity contribution in [3.63, 3.8) is 0 Å². The van der Waals surface area contributed by atoms with E-state index in [4.69, 9.17) is 4.98 Å². The van der Waals surface area contributed by atoms with Crippen LogP contribution in [0.2, 0.25) is 0 Å². The van der Waals surface area contributed by atoms with Gasteiger partial charge in [-0.1, -0.05) is 121 Å². The summed E-state index contributed by atoms with van der Waals surface area (Å²) in [5.41, 5.74) is 8.32. The summed E-state index contributed by atoms with van der Waals surface area (Å²) >= 11 is 0. The monoisotopic (exact) mass is 571 g/mol. The fraction of sp³-hybridized carbons (Fsp3) is 0. The fourth-order valence-corrected chi connectivity index (χ4v) is 6.90. The predicted octanol–water partition coefficient (Wildman–Crippen LogP) is 10.8. The number of rotatable bonds is 3. The second kappa shape index (κ2) is 9.91. The van der Waals surface area contributed by atoms with E-state index in [1.54, 1.807) is 0 Å². The second-order valence-electron chi connectivity index (χ2n) is 11.5. The Labute approximate surface area is 259 Å². The highest BCUT2D eigenvalue weighted by Crippen LogP contribution is 2.39. The fourth-order valence-electron chi connectivity index (χ4n) is 6.90. The molecule has 0 aliphatic rings. The lowest BCUT2D eigenvalue weighted by molar-refractivity contribution is 1.10. The molecule has 2 aromatic heterocycles. The molecule has 2 heterocycles. The molecule has 9 aromatic rings. The summed E-state index contributed by atoms with van der Waals surface area (Å²) in [6.07, 6.45) is 0. The van der Waals surface area contributed by atoms with Crippen LogP contribution >= 0.6 is 0 Å². The van der Waals surface area contributed by atoms with Gasteiger partial charge in [-0.3, -0.25) is 4.57 Å². The first-order chi connectivity index (χ1) is 22.3. The second-order valence-corrected chi connectivity index (χ2v) is 11.5. The van der Waals surface area contributed by atoms with Crippen molar-refractivity contribution in [2.75, 3.05) is 0 Å². The van der Waals surface area contributed by atoms with Gasteiger partial charge in [-0.15, -0.1) is 0 Å². The van der Waals surface area contributed by atoms with E-state index in [-0.39, 0.29) is 0 Å². The third-order valence-electron chi connectivity index (χ3n) is 9.03. The highest BCUT2D eigenvalue weighted by molar-refractivity contribution is 6.22. The lowest BCUT2D eigenvalue weighted by Gasteiger charge is -2.10. The zero-order valence-corrected chi connectivity index (χ0v) is 24.3. The highest BCUT2D eigenvalue weighted by atomic mass is 15.1. The van der Waals surface area contributed by atoms with E-state index in [1.807, 2.05) is 30.3 Å². The Morgan fingerprint density at radius 2 is 1.13 bits per heavy atom. The maximum absolute atomic E-state index is 10.0. The van der Waals surface area contributed by atoms with E-state index < -0.39 is 0 Å². The van der Waals surface area contributed by atoms with Crippen LogP contribution in [0.5, 0.6) is 0 Å². The van der Waals surface area contributed by atoms with Crippen LogP contribution in [0.15, 0.2) is 152 Å². The van der Waals surface area contributed by atoms with Gasteiger partial charge in [0, 0.05) is 16.2 Å². The molecule has 3 nitrogen and oxygen atoms in total. The quantitative estimate of drug-likeness (QED) is 0.212. The number of benzene rings is 7. The van der Waals surface area contributed by atoms with Gasteiger partial charge in [0.1, 0.15) is 5.82 Å². The van der Waals surface area contributed by atoms with Gasteiger partial charge in [-0.2, -0.15) is 5.26 Å². The van der Waals surface area contributed by atoms with Crippen LogP contribution in [-0.4, -0.2) is 9.55 Å². The van der Waals surface area contributed by atoms with E-state index in [1.165, 1.54) is 38.1 Å². The molecule has 0 saturated carbocycles. The molecule has 7 aromatic carbocycles. The molecule has 0 fully saturated rings. The average Bonchev–Trinajstić information content (AvgIpc) is 3.45. The zero-order chi connectivity index (χ0) is 29.9. The molecule has 0 radical (unpaired) electrons. The molecule has 208 valence electrons. The van der Waals surface area contributed by atoms with Crippen LogP contribution in [0.1, 0.15) is 5.56 Å². The van der Waals surface area contributed by atoms with Crippen molar-refractivity contribution in [2.45, 2.75) is 0 Å². The molecule has 45 heavy (non-hydrogen) atoms. The molecule has 0 aliphatic carbocycles. The summed E-state index contributed by atoms with van der Waals surface area (Å²) in [4.78, 5) is 5.06. The summed E-state index contributed by atoms with van der Waals surface area (Å²) in [7, 11) is 0. The van der Waals surface area contributed by atoms with Crippen molar-refractivity contribution >= 4 is 54.3 Å². The van der Waals surface area contributed by atoms with Gasteiger partial charge >= 0.3 is 0 Å². The number of para-hydroxylation sites is 1. The van der Waals surface area contributed by atoms with Gasteiger partial charge < -0.3 is 0 Å². The van der Waals surface area contributed by atoms with E-state index in [0.717, 1.165) is 44.3 Å². The lowest BCUT2D eigenvalue weighted by Crippen LogP contribution is -1.99. The summed E-state index contributed by atoms with van der Waals surface area (Å²) in [6, 6.07) is 55.7. The Kier molecular flexibility index (Phi) is 5.57. The van der Waals surface area contributed by atoms with Crippen LogP contribution in [0, 0.1) is 11.3 Å². The molecule has 0 atom stereocenters. The molecule has 3 heteroatoms. The Balaban J connectivity index is 1.26. The van der Waals surface area contributed by atoms with Crippen molar-refractivity contribution in [3.8, 4) is 34.1 Å². The summed E-state index contributed by atoms with van der Waals surface area (Å²) in [5, 5.41) is 18.2. The van der Waals surface area contributed by atoms with Crippen LogP contribution in [-0.2, 0) is 0 Å². The smallest absolute Gasteiger partial charge is 0.139 e. The normalized spacial score (nSPS) is 11.5. The topological polar surface area (TPSA) is 41.6 Å². The number of fused-ring (bicyclic) bond motifs is 7. The third kappa shape index (κ3) is 3.94. The maximum Gasteiger partial charge on any atom is 0.139 e. The molecular formula is C42H25N3. The lowest BCUT2D eigenvalue weighted by atomic mass is 9.95. The highest BCUT2D eigenvalue weighted by Gasteiger charge is 2.18. The van der Waals surface area contributed by atoms with Crippen LogP contribution in [0.4, 0.5) is 0 Å². The Morgan fingerprint density at radius 1 is 0.489 bits per heavy atom. The molecule has 0 spiro atoms. The van der Waals surface area contributed by atoms with Crippen molar-refractivity contribution in [1.82, 2.24) is 9.55 Å². The Hall–Kier alpha value is -6.24. The van der Waals surface area contributed by atoms with Crippen molar-refractivity contribution in [3.05, 3.63) is 157 Å². The first-order valence-electron chi connectivity index (χ1n) is 15.1. The van der Waals surface area contributed by atoms with E-state index in [2.05, 4.69) is 132 Å². The van der Waals surface area contributed by atoms with E-state index in [0.29, 0.717) is 5.56 Å². The molecule has 0 saturated heterocycles. The number of hydrogen-bond acceptors (Lipinski definition) is 2. The van der Waals surface area contributed by atoms with Gasteiger partial charge in [0.15, 0.2) is 0 Å². The van der Waals surface area contributed by atoms with Gasteiger partial charge in [-0.25, -0.2) is 4.98 Å². The Morgan fingerprint density at radius 3 is 1.96 bits per heavy atom. The third-order valence-corrected chi connectivity index (χ3v) is 9.03. The molecule has 0 amide bonds. The molecule has 9 rings (SSSR count). The van der Waals surface area contributed by atoms with E-state index in [9.17, 15) is 5.26 Å². The molecule has 0 N–H and O–H groups in total. The zero-order valence-electron chi connectivity index (χ0n) is 24.3. The number of nitriles is 1. The first-order valence-corrected chi connectivity index (χ1v) is 15.1. The number of nitrogens with zero attached hydrogens (tertiary/aromatic N) is 3. The SMILES string of the molecule is N#Cc1cc(-n2c3ccc(-c4ccc(-c5cccc6ccccc56)cc4)cc3c3c4ccccc4ccc32)nc2ccccc12. The minimum atomic E-state index is 0.620. The number of aromatic nitrogens is 2. The number of hydrogen-bond donors (Lipinski definition) is 0. The minimum absolute atomic E-state index is 0.620. The average molecular weight is 572 g/mol.